The van der Waals surface area contributed by atoms with Crippen LogP contribution in [0.15, 0.2) is 18.2 Å². The number of nitrogens with two attached hydrogens (primary N) is 1. The Morgan fingerprint density at radius 2 is 1.79 bits per heavy atom. The number of rotatable bonds is 3. The van der Waals surface area contributed by atoms with Crippen LogP contribution >= 0.6 is 0 Å². The monoisotopic (exact) mass is 189 g/mol. The second-order valence-corrected chi connectivity index (χ2v) is 4.35. The Labute approximate surface area is 86.3 Å². The number of hydrogen-bond acceptors (Lipinski definition) is 1. The van der Waals surface area contributed by atoms with Crippen LogP contribution in [0.2, 0.25) is 0 Å². The van der Waals surface area contributed by atoms with Crippen LogP contribution in [-0.4, -0.2) is 0 Å². The zero-order valence-electron chi connectivity index (χ0n) is 9.14. The Morgan fingerprint density at radius 1 is 1.14 bits per heavy atom. The maximum Gasteiger partial charge on any atom is 0.0411 e. The minimum atomic E-state index is 0.0240. The molecule has 1 aromatic rings. The highest BCUT2D eigenvalue weighted by Crippen LogP contribution is 2.43. The molecule has 1 fully saturated rings. The van der Waals surface area contributed by atoms with Crippen molar-refractivity contribution >= 4 is 0 Å². The van der Waals surface area contributed by atoms with Gasteiger partial charge in [0.1, 0.15) is 0 Å². The predicted molar refractivity (Wildman–Crippen MR) is 60.3 cm³/mol. The van der Waals surface area contributed by atoms with Crippen molar-refractivity contribution in [3.63, 3.8) is 0 Å². The van der Waals surface area contributed by atoms with Gasteiger partial charge >= 0.3 is 0 Å². The summed E-state index contributed by atoms with van der Waals surface area (Å²) in [5.41, 5.74) is 10.5. The SMILES string of the molecule is CCc1ccc(C2(N)CC2)cc1CC. The first-order valence-corrected chi connectivity index (χ1v) is 5.61. The molecule has 0 spiro atoms. The van der Waals surface area contributed by atoms with Gasteiger partial charge in [-0.2, -0.15) is 0 Å². The smallest absolute Gasteiger partial charge is 0.0411 e. The van der Waals surface area contributed by atoms with E-state index in [1.807, 2.05) is 0 Å². The maximum absolute atomic E-state index is 6.18. The highest BCUT2D eigenvalue weighted by molar-refractivity contribution is 5.38. The Morgan fingerprint density at radius 3 is 2.29 bits per heavy atom. The van der Waals surface area contributed by atoms with E-state index < -0.39 is 0 Å². The lowest BCUT2D eigenvalue weighted by Gasteiger charge is -2.13. The third-order valence-corrected chi connectivity index (χ3v) is 3.33. The van der Waals surface area contributed by atoms with E-state index in [4.69, 9.17) is 5.73 Å². The summed E-state index contributed by atoms with van der Waals surface area (Å²) in [7, 11) is 0. The first-order valence-electron chi connectivity index (χ1n) is 5.61. The van der Waals surface area contributed by atoms with E-state index in [1.54, 1.807) is 0 Å². The molecule has 14 heavy (non-hydrogen) atoms. The molecular formula is C13H19N. The van der Waals surface area contributed by atoms with E-state index in [0.717, 1.165) is 25.7 Å². The van der Waals surface area contributed by atoms with Crippen LogP contribution in [0.1, 0.15) is 43.4 Å². The molecular weight excluding hydrogens is 170 g/mol. The summed E-state index contributed by atoms with van der Waals surface area (Å²) in [4.78, 5) is 0. The van der Waals surface area contributed by atoms with Crippen molar-refractivity contribution in [2.45, 2.75) is 45.1 Å². The molecule has 1 nitrogen and oxygen atoms in total. The van der Waals surface area contributed by atoms with Crippen LogP contribution in [0.5, 0.6) is 0 Å². The Hall–Kier alpha value is -0.820. The molecule has 2 N–H and O–H groups in total. The summed E-state index contributed by atoms with van der Waals surface area (Å²) in [6.07, 6.45) is 4.55. The quantitative estimate of drug-likeness (QED) is 0.777. The molecule has 1 aromatic carbocycles. The molecule has 0 aromatic heterocycles. The largest absolute Gasteiger partial charge is 0.321 e. The summed E-state index contributed by atoms with van der Waals surface area (Å²) in [5.74, 6) is 0. The van der Waals surface area contributed by atoms with Crippen molar-refractivity contribution in [1.82, 2.24) is 0 Å². The second kappa shape index (κ2) is 3.39. The summed E-state index contributed by atoms with van der Waals surface area (Å²) < 4.78 is 0. The van der Waals surface area contributed by atoms with Crippen molar-refractivity contribution in [2.24, 2.45) is 5.73 Å². The maximum atomic E-state index is 6.18. The third kappa shape index (κ3) is 1.57. The Kier molecular flexibility index (Phi) is 2.36. The van der Waals surface area contributed by atoms with E-state index in [2.05, 4.69) is 32.0 Å². The standard InChI is InChI=1S/C13H19N/c1-3-10-5-6-12(9-11(10)4-2)13(14)7-8-13/h5-6,9H,3-4,7-8,14H2,1-2H3. The van der Waals surface area contributed by atoms with Crippen molar-refractivity contribution in [3.05, 3.63) is 34.9 Å². The van der Waals surface area contributed by atoms with Gasteiger partial charge in [-0.1, -0.05) is 32.0 Å². The second-order valence-electron chi connectivity index (χ2n) is 4.35. The van der Waals surface area contributed by atoms with Gasteiger partial charge in [0, 0.05) is 5.54 Å². The zero-order valence-corrected chi connectivity index (χ0v) is 9.14. The molecule has 0 aliphatic heterocycles. The van der Waals surface area contributed by atoms with Gasteiger partial charge in [0.2, 0.25) is 0 Å². The Balaban J connectivity index is 2.36. The summed E-state index contributed by atoms with van der Waals surface area (Å²) in [6, 6.07) is 6.78. The van der Waals surface area contributed by atoms with Crippen LogP contribution in [0, 0.1) is 0 Å². The van der Waals surface area contributed by atoms with E-state index in [9.17, 15) is 0 Å². The van der Waals surface area contributed by atoms with Crippen LogP contribution < -0.4 is 5.73 Å². The first-order chi connectivity index (χ1) is 6.69. The predicted octanol–water partition coefficient (Wildman–Crippen LogP) is 2.76. The minimum absolute atomic E-state index is 0.0240. The molecule has 0 unspecified atom stereocenters. The number of benzene rings is 1. The normalized spacial score (nSPS) is 18.2. The molecule has 1 saturated carbocycles. The fraction of sp³-hybridized carbons (Fsp3) is 0.538. The van der Waals surface area contributed by atoms with E-state index in [1.165, 1.54) is 16.7 Å². The number of aryl methyl sites for hydroxylation is 2. The minimum Gasteiger partial charge on any atom is -0.321 e. The molecule has 1 heteroatoms. The Bertz CT molecular complexity index is 337. The van der Waals surface area contributed by atoms with Crippen molar-refractivity contribution in [1.29, 1.82) is 0 Å². The fourth-order valence-electron chi connectivity index (χ4n) is 2.03. The van der Waals surface area contributed by atoms with Crippen molar-refractivity contribution in [3.8, 4) is 0 Å². The topological polar surface area (TPSA) is 26.0 Å². The van der Waals surface area contributed by atoms with Gasteiger partial charge in [-0.25, -0.2) is 0 Å². The van der Waals surface area contributed by atoms with Crippen LogP contribution in [0.4, 0.5) is 0 Å². The molecule has 1 aliphatic carbocycles. The fourth-order valence-corrected chi connectivity index (χ4v) is 2.03. The van der Waals surface area contributed by atoms with Crippen LogP contribution in [-0.2, 0) is 18.4 Å². The van der Waals surface area contributed by atoms with Gasteiger partial charge in [0.15, 0.2) is 0 Å². The average Bonchev–Trinajstić information content (AvgIpc) is 2.97. The van der Waals surface area contributed by atoms with Gasteiger partial charge in [0.25, 0.3) is 0 Å². The average molecular weight is 189 g/mol. The van der Waals surface area contributed by atoms with Crippen LogP contribution in [0.25, 0.3) is 0 Å². The zero-order chi connectivity index (χ0) is 10.2. The molecule has 76 valence electrons. The summed E-state index contributed by atoms with van der Waals surface area (Å²) in [6.45, 7) is 4.43. The highest BCUT2D eigenvalue weighted by atomic mass is 14.8. The van der Waals surface area contributed by atoms with Crippen molar-refractivity contribution < 1.29 is 0 Å². The van der Waals surface area contributed by atoms with Gasteiger partial charge in [-0.05, 0) is 42.4 Å². The van der Waals surface area contributed by atoms with E-state index in [0.29, 0.717) is 0 Å². The molecule has 0 radical (unpaired) electrons. The molecule has 0 bridgehead atoms. The molecule has 2 rings (SSSR count). The molecule has 0 saturated heterocycles. The molecule has 0 atom stereocenters. The summed E-state index contributed by atoms with van der Waals surface area (Å²) in [5, 5.41) is 0. The van der Waals surface area contributed by atoms with Gasteiger partial charge in [-0.3, -0.25) is 0 Å². The number of hydrogen-bond donors (Lipinski definition) is 1. The molecule has 1 aliphatic rings. The van der Waals surface area contributed by atoms with E-state index in [-0.39, 0.29) is 5.54 Å². The first kappa shape index (κ1) is 9.72. The summed E-state index contributed by atoms with van der Waals surface area (Å²) >= 11 is 0. The van der Waals surface area contributed by atoms with Gasteiger partial charge < -0.3 is 5.73 Å². The van der Waals surface area contributed by atoms with Gasteiger partial charge in [0.05, 0.1) is 0 Å². The third-order valence-electron chi connectivity index (χ3n) is 3.33. The van der Waals surface area contributed by atoms with E-state index >= 15 is 0 Å². The van der Waals surface area contributed by atoms with Crippen molar-refractivity contribution in [2.75, 3.05) is 0 Å². The molecule has 0 heterocycles. The highest BCUT2D eigenvalue weighted by Gasteiger charge is 2.39. The lowest BCUT2D eigenvalue weighted by Crippen LogP contribution is -2.19. The van der Waals surface area contributed by atoms with Gasteiger partial charge in [-0.15, -0.1) is 0 Å². The lowest BCUT2D eigenvalue weighted by molar-refractivity contribution is 0.737. The van der Waals surface area contributed by atoms with Crippen LogP contribution in [0.3, 0.4) is 0 Å². The molecule has 0 amide bonds. The lowest BCUT2D eigenvalue weighted by atomic mass is 9.96.